The van der Waals surface area contributed by atoms with E-state index in [0.717, 1.165) is 16.7 Å². The molecule has 0 aliphatic carbocycles. The second-order valence-corrected chi connectivity index (χ2v) is 5.60. The first-order valence-corrected chi connectivity index (χ1v) is 7.35. The number of ether oxygens (including phenoxy) is 1. The van der Waals surface area contributed by atoms with Gasteiger partial charge in [0, 0.05) is 5.70 Å². The van der Waals surface area contributed by atoms with E-state index in [2.05, 4.69) is 23.3 Å². The first-order valence-electron chi connectivity index (χ1n) is 6.94. The number of esters is 1. The Kier molecular flexibility index (Phi) is 4.63. The van der Waals surface area contributed by atoms with E-state index < -0.39 is 5.92 Å². The van der Waals surface area contributed by atoms with Crippen molar-refractivity contribution in [3.8, 4) is 0 Å². The lowest BCUT2D eigenvalue weighted by atomic mass is 9.86. The molecule has 2 rings (SSSR count). The van der Waals surface area contributed by atoms with Crippen LogP contribution in [0.25, 0.3) is 0 Å². The Hall–Kier alpha value is -1.88. The van der Waals surface area contributed by atoms with Gasteiger partial charge in [0.2, 0.25) is 0 Å². The van der Waals surface area contributed by atoms with Crippen LogP contribution in [0, 0.1) is 19.8 Å². The van der Waals surface area contributed by atoms with Crippen molar-refractivity contribution in [2.45, 2.75) is 26.8 Å². The summed E-state index contributed by atoms with van der Waals surface area (Å²) in [6, 6.07) is 5.90. The van der Waals surface area contributed by atoms with Crippen molar-refractivity contribution in [1.82, 2.24) is 10.6 Å². The molecule has 0 amide bonds. The highest BCUT2D eigenvalue weighted by molar-refractivity contribution is 7.80. The molecule has 0 radical (unpaired) electrons. The lowest BCUT2D eigenvalue weighted by Gasteiger charge is -2.35. The van der Waals surface area contributed by atoms with Gasteiger partial charge < -0.3 is 15.4 Å². The highest BCUT2D eigenvalue weighted by Gasteiger charge is 2.38. The molecule has 112 valence electrons. The predicted molar refractivity (Wildman–Crippen MR) is 86.8 cm³/mol. The second kappa shape index (κ2) is 6.26. The minimum Gasteiger partial charge on any atom is -0.465 e. The van der Waals surface area contributed by atoms with Gasteiger partial charge in [0.15, 0.2) is 5.11 Å². The Morgan fingerprint density at radius 1 is 1.43 bits per heavy atom. The normalized spacial score (nSPS) is 21.5. The standard InChI is InChI=1S/C16H20N2O2S/c1-5-20-15(19)13-11(4)17-16(21)18-14(13)12-8-9(2)6-7-10(12)3/h6-8,13-14H,4-5H2,1-3H3,(H2,17,18,21). The summed E-state index contributed by atoms with van der Waals surface area (Å²) in [6.07, 6.45) is 0. The summed E-state index contributed by atoms with van der Waals surface area (Å²) in [5.74, 6) is -0.798. The zero-order chi connectivity index (χ0) is 15.6. The van der Waals surface area contributed by atoms with Crippen molar-refractivity contribution in [1.29, 1.82) is 0 Å². The topological polar surface area (TPSA) is 50.4 Å². The van der Waals surface area contributed by atoms with Gasteiger partial charge in [-0.15, -0.1) is 0 Å². The van der Waals surface area contributed by atoms with Crippen LogP contribution in [0.2, 0.25) is 0 Å². The van der Waals surface area contributed by atoms with Gasteiger partial charge in [0.25, 0.3) is 0 Å². The van der Waals surface area contributed by atoms with Crippen molar-refractivity contribution >= 4 is 23.3 Å². The molecular formula is C16H20N2O2S. The van der Waals surface area contributed by atoms with E-state index in [1.165, 1.54) is 0 Å². The van der Waals surface area contributed by atoms with Crippen molar-refractivity contribution in [2.24, 2.45) is 5.92 Å². The molecule has 21 heavy (non-hydrogen) atoms. The summed E-state index contributed by atoms with van der Waals surface area (Å²) in [5.41, 5.74) is 3.85. The van der Waals surface area contributed by atoms with Crippen molar-refractivity contribution in [3.63, 3.8) is 0 Å². The maximum atomic E-state index is 12.3. The molecule has 0 spiro atoms. The van der Waals surface area contributed by atoms with Crippen LogP contribution in [0.5, 0.6) is 0 Å². The van der Waals surface area contributed by atoms with Gasteiger partial charge >= 0.3 is 5.97 Å². The van der Waals surface area contributed by atoms with E-state index >= 15 is 0 Å². The van der Waals surface area contributed by atoms with Crippen LogP contribution in [0.4, 0.5) is 0 Å². The van der Waals surface area contributed by atoms with Crippen LogP contribution in [0.1, 0.15) is 29.7 Å². The third kappa shape index (κ3) is 3.24. The van der Waals surface area contributed by atoms with Crippen LogP contribution in [-0.2, 0) is 9.53 Å². The number of thiocarbonyl (C=S) groups is 1. The Morgan fingerprint density at radius 2 is 2.14 bits per heavy atom. The molecule has 0 saturated carbocycles. The Bertz CT molecular complexity index is 598. The molecule has 5 heteroatoms. The first kappa shape index (κ1) is 15.5. The number of nitrogens with one attached hydrogen (secondary N) is 2. The lowest BCUT2D eigenvalue weighted by molar-refractivity contribution is -0.147. The second-order valence-electron chi connectivity index (χ2n) is 5.19. The fraction of sp³-hybridized carbons (Fsp3) is 0.375. The van der Waals surface area contributed by atoms with E-state index in [-0.39, 0.29) is 12.0 Å². The van der Waals surface area contributed by atoms with E-state index in [1.807, 2.05) is 26.0 Å². The number of aryl methyl sites for hydroxylation is 2. The summed E-state index contributed by atoms with van der Waals surface area (Å²) in [7, 11) is 0. The predicted octanol–water partition coefficient (Wildman–Crippen LogP) is 2.52. The molecular weight excluding hydrogens is 284 g/mol. The number of carbonyl (C=O) groups excluding carboxylic acids is 1. The molecule has 1 aromatic rings. The van der Waals surface area contributed by atoms with Crippen molar-refractivity contribution < 1.29 is 9.53 Å². The van der Waals surface area contributed by atoms with Gasteiger partial charge in [0.05, 0.1) is 12.6 Å². The van der Waals surface area contributed by atoms with Crippen molar-refractivity contribution in [2.75, 3.05) is 6.61 Å². The maximum Gasteiger partial charge on any atom is 0.317 e. The smallest absolute Gasteiger partial charge is 0.317 e. The van der Waals surface area contributed by atoms with Crippen molar-refractivity contribution in [3.05, 3.63) is 47.2 Å². The van der Waals surface area contributed by atoms with Gasteiger partial charge in [-0.1, -0.05) is 30.3 Å². The average molecular weight is 304 g/mol. The quantitative estimate of drug-likeness (QED) is 0.664. The number of benzene rings is 1. The SMILES string of the molecule is C=C1NC(=S)NC(c2cc(C)ccc2C)C1C(=O)OCC. The van der Waals surface area contributed by atoms with Crippen LogP contribution in [0.15, 0.2) is 30.5 Å². The fourth-order valence-corrected chi connectivity index (χ4v) is 2.81. The van der Waals surface area contributed by atoms with Crippen LogP contribution >= 0.6 is 12.2 Å². The minimum absolute atomic E-state index is 0.259. The lowest BCUT2D eigenvalue weighted by Crippen LogP contribution is -2.51. The summed E-state index contributed by atoms with van der Waals surface area (Å²) < 4.78 is 5.19. The summed E-state index contributed by atoms with van der Waals surface area (Å²) in [5, 5.41) is 6.58. The van der Waals surface area contributed by atoms with Crippen LogP contribution < -0.4 is 10.6 Å². The number of hydrogen-bond donors (Lipinski definition) is 2. The molecule has 1 aromatic carbocycles. The Labute approximate surface area is 130 Å². The average Bonchev–Trinajstić information content (AvgIpc) is 2.40. The van der Waals surface area contributed by atoms with E-state index in [1.54, 1.807) is 6.92 Å². The third-order valence-corrected chi connectivity index (χ3v) is 3.80. The van der Waals surface area contributed by atoms with Crippen LogP contribution in [0.3, 0.4) is 0 Å². The molecule has 1 fully saturated rings. The van der Waals surface area contributed by atoms with Gasteiger partial charge in [-0.05, 0) is 44.1 Å². The maximum absolute atomic E-state index is 12.3. The van der Waals surface area contributed by atoms with Gasteiger partial charge in [0.1, 0.15) is 5.92 Å². The molecule has 1 aliphatic rings. The molecule has 1 saturated heterocycles. The number of rotatable bonds is 3. The molecule has 0 bridgehead atoms. The Balaban J connectivity index is 2.44. The van der Waals surface area contributed by atoms with Gasteiger partial charge in [-0.3, -0.25) is 4.79 Å². The van der Waals surface area contributed by atoms with Gasteiger partial charge in [-0.25, -0.2) is 0 Å². The highest BCUT2D eigenvalue weighted by atomic mass is 32.1. The monoisotopic (exact) mass is 304 g/mol. The zero-order valence-corrected chi connectivity index (χ0v) is 13.3. The largest absolute Gasteiger partial charge is 0.465 e. The minimum atomic E-state index is -0.503. The first-order chi connectivity index (χ1) is 9.93. The highest BCUT2D eigenvalue weighted by Crippen LogP contribution is 2.32. The number of carbonyl (C=O) groups is 1. The zero-order valence-electron chi connectivity index (χ0n) is 12.5. The van der Waals surface area contributed by atoms with E-state index in [0.29, 0.717) is 17.4 Å². The van der Waals surface area contributed by atoms with E-state index in [9.17, 15) is 4.79 Å². The summed E-state index contributed by atoms with van der Waals surface area (Å²) in [4.78, 5) is 12.3. The third-order valence-electron chi connectivity index (χ3n) is 3.58. The van der Waals surface area contributed by atoms with Crippen LogP contribution in [-0.4, -0.2) is 17.7 Å². The molecule has 2 atom stereocenters. The molecule has 1 aliphatic heterocycles. The molecule has 0 aromatic heterocycles. The molecule has 2 unspecified atom stereocenters. The molecule has 2 N–H and O–H groups in total. The Morgan fingerprint density at radius 3 is 2.81 bits per heavy atom. The summed E-state index contributed by atoms with van der Waals surface area (Å²) >= 11 is 5.20. The molecule has 4 nitrogen and oxygen atoms in total. The molecule has 1 heterocycles. The summed E-state index contributed by atoms with van der Waals surface area (Å²) in [6.45, 7) is 10.1. The number of hydrogen-bond acceptors (Lipinski definition) is 3. The van der Waals surface area contributed by atoms with Gasteiger partial charge in [-0.2, -0.15) is 0 Å². The van der Waals surface area contributed by atoms with E-state index in [4.69, 9.17) is 17.0 Å². The fourth-order valence-electron chi connectivity index (χ4n) is 2.55.